The van der Waals surface area contributed by atoms with Crippen molar-refractivity contribution in [2.45, 2.75) is 40.8 Å². The van der Waals surface area contributed by atoms with Gasteiger partial charge in [-0.15, -0.1) is 0 Å². The number of pyridine rings is 1. The first-order valence-electron chi connectivity index (χ1n) is 15.0. The van der Waals surface area contributed by atoms with Crippen molar-refractivity contribution < 1.29 is 17.9 Å². The van der Waals surface area contributed by atoms with Crippen molar-refractivity contribution in [1.82, 2.24) is 19.3 Å². The quantitative estimate of drug-likeness (QED) is 0.193. The van der Waals surface area contributed by atoms with Crippen LogP contribution in [0.25, 0.3) is 44.4 Å². The van der Waals surface area contributed by atoms with E-state index in [-0.39, 0.29) is 5.56 Å². The summed E-state index contributed by atoms with van der Waals surface area (Å²) in [7, 11) is 0. The molecule has 4 aromatic carbocycles. The Bertz CT molecular complexity index is 2270. The summed E-state index contributed by atoms with van der Waals surface area (Å²) < 4.78 is 53.1. The molecule has 0 saturated heterocycles. The van der Waals surface area contributed by atoms with Gasteiger partial charge in [0.1, 0.15) is 17.3 Å². The van der Waals surface area contributed by atoms with Gasteiger partial charge in [-0.25, -0.2) is 9.67 Å². The highest BCUT2D eigenvalue weighted by Crippen LogP contribution is 2.42. The second-order valence-corrected chi connectivity index (χ2v) is 11.8. The fourth-order valence-electron chi connectivity index (χ4n) is 6.54. The van der Waals surface area contributed by atoms with Crippen LogP contribution in [0.1, 0.15) is 33.6 Å². The second kappa shape index (κ2) is 10.9. The van der Waals surface area contributed by atoms with Crippen LogP contribution in [0.5, 0.6) is 11.5 Å². The van der Waals surface area contributed by atoms with Crippen molar-refractivity contribution in [2.75, 3.05) is 0 Å². The summed E-state index contributed by atoms with van der Waals surface area (Å²) in [6, 6.07) is 28.8. The van der Waals surface area contributed by atoms with Gasteiger partial charge in [0.2, 0.25) is 0 Å². The molecule has 7 aromatic rings. The molecule has 3 heterocycles. The lowest BCUT2D eigenvalue weighted by Gasteiger charge is -2.14. The van der Waals surface area contributed by atoms with Crippen molar-refractivity contribution in [3.63, 3.8) is 0 Å². The number of rotatable bonds is 5. The van der Waals surface area contributed by atoms with Gasteiger partial charge in [-0.3, -0.25) is 4.57 Å². The minimum Gasteiger partial charge on any atom is -0.457 e. The zero-order valence-corrected chi connectivity index (χ0v) is 26.1. The number of fused-ring (bicyclic) bond motifs is 3. The lowest BCUT2D eigenvalue weighted by Crippen LogP contribution is -2.09. The van der Waals surface area contributed by atoms with Gasteiger partial charge in [0.05, 0.1) is 16.7 Å². The molecule has 0 atom stereocenters. The minimum absolute atomic E-state index is 0.0943. The molecule has 3 aromatic heterocycles. The summed E-state index contributed by atoms with van der Waals surface area (Å²) in [6.07, 6.45) is -2.84. The molecule has 0 radical (unpaired) electrons. The zero-order valence-electron chi connectivity index (χ0n) is 26.1. The van der Waals surface area contributed by atoms with E-state index < -0.39 is 11.9 Å². The van der Waals surface area contributed by atoms with Crippen LogP contribution in [-0.2, 0) is 6.18 Å². The Labute approximate surface area is 264 Å². The molecule has 0 N–H and O–H groups in total. The summed E-state index contributed by atoms with van der Waals surface area (Å²) in [5, 5.41) is 6.28. The van der Waals surface area contributed by atoms with E-state index in [2.05, 4.69) is 26.8 Å². The van der Waals surface area contributed by atoms with Gasteiger partial charge in [-0.2, -0.15) is 18.3 Å². The first kappa shape index (κ1) is 29.3. The van der Waals surface area contributed by atoms with E-state index in [0.717, 1.165) is 49.9 Å². The van der Waals surface area contributed by atoms with Crippen molar-refractivity contribution in [3.8, 4) is 34.1 Å². The van der Waals surface area contributed by atoms with E-state index in [0.29, 0.717) is 28.4 Å². The molecule has 7 rings (SSSR count). The van der Waals surface area contributed by atoms with Gasteiger partial charge in [0.25, 0.3) is 0 Å². The Kier molecular flexibility index (Phi) is 6.96. The fourth-order valence-corrected chi connectivity index (χ4v) is 6.54. The number of ether oxygens (including phenoxy) is 1. The number of alkyl halides is 3. The average Bonchev–Trinajstić information content (AvgIpc) is 3.52. The van der Waals surface area contributed by atoms with Crippen LogP contribution < -0.4 is 4.74 Å². The van der Waals surface area contributed by atoms with Gasteiger partial charge < -0.3 is 4.74 Å². The van der Waals surface area contributed by atoms with Crippen molar-refractivity contribution in [1.29, 1.82) is 0 Å². The Morgan fingerprint density at radius 3 is 2.11 bits per heavy atom. The van der Waals surface area contributed by atoms with Crippen molar-refractivity contribution in [3.05, 3.63) is 131 Å². The maximum absolute atomic E-state index is 14.4. The summed E-state index contributed by atoms with van der Waals surface area (Å²) in [4.78, 5) is 4.64. The van der Waals surface area contributed by atoms with Crippen LogP contribution in [0.3, 0.4) is 0 Å². The summed E-state index contributed by atoms with van der Waals surface area (Å²) >= 11 is 0. The van der Waals surface area contributed by atoms with Gasteiger partial charge >= 0.3 is 6.18 Å². The number of hydrogen-bond donors (Lipinski definition) is 0. The van der Waals surface area contributed by atoms with Gasteiger partial charge in [-0.1, -0.05) is 42.0 Å². The largest absolute Gasteiger partial charge is 0.457 e. The highest BCUT2D eigenvalue weighted by Gasteiger charge is 2.40. The third-order valence-electron chi connectivity index (χ3n) is 8.39. The molecule has 0 unspecified atom stereocenters. The third kappa shape index (κ3) is 5.00. The van der Waals surface area contributed by atoms with E-state index in [1.807, 2.05) is 82.3 Å². The monoisotopic (exact) mass is 616 g/mol. The molecule has 5 nitrogen and oxygen atoms in total. The van der Waals surface area contributed by atoms with Crippen LogP contribution in [0.15, 0.2) is 97.2 Å². The van der Waals surface area contributed by atoms with E-state index >= 15 is 0 Å². The summed E-state index contributed by atoms with van der Waals surface area (Å²) in [5.74, 6) is 1.86. The maximum atomic E-state index is 14.4. The number of aromatic nitrogens is 4. The van der Waals surface area contributed by atoms with Gasteiger partial charge in [-0.05, 0) is 99.3 Å². The van der Waals surface area contributed by atoms with E-state index in [1.165, 1.54) is 4.68 Å². The maximum Gasteiger partial charge on any atom is 0.435 e. The molecule has 8 heteroatoms. The number of benzene rings is 4. The number of hydrogen-bond acceptors (Lipinski definition) is 3. The highest BCUT2D eigenvalue weighted by molar-refractivity contribution is 6.09. The van der Waals surface area contributed by atoms with Gasteiger partial charge in [0.15, 0.2) is 5.69 Å². The number of aryl methyl sites for hydroxylation is 4. The van der Waals surface area contributed by atoms with Gasteiger partial charge in [0, 0.05) is 40.4 Å². The van der Waals surface area contributed by atoms with Crippen LogP contribution >= 0.6 is 0 Å². The predicted octanol–water partition coefficient (Wildman–Crippen LogP) is 10.4. The lowest BCUT2D eigenvalue weighted by molar-refractivity contribution is -0.140. The molecule has 0 aliphatic carbocycles. The molecular formula is C38H31F3N4O. The standard InChI is InChI=1S/C38H31F3N4O/c1-22-15-16-42-34(19-22)44-32-12-7-6-11-30(32)31-14-13-29(21-33(31)44)46-28-10-8-9-27(20-28)45-26(5)36(37(43-45)38(39,40)41)35-24(3)17-23(2)18-25(35)4/h6-21H,1-5H3. The smallest absolute Gasteiger partial charge is 0.435 e. The van der Waals surface area contributed by atoms with E-state index in [9.17, 15) is 13.2 Å². The molecule has 0 bridgehead atoms. The normalized spacial score (nSPS) is 11.9. The van der Waals surface area contributed by atoms with Crippen LogP contribution in [-0.4, -0.2) is 19.3 Å². The Balaban J connectivity index is 1.32. The van der Waals surface area contributed by atoms with E-state index in [4.69, 9.17) is 4.74 Å². The number of nitrogens with zero attached hydrogens (tertiary/aromatic N) is 4. The molecular weight excluding hydrogens is 585 g/mol. The van der Waals surface area contributed by atoms with Crippen LogP contribution in [0, 0.1) is 34.6 Å². The fraction of sp³-hybridized carbons (Fsp3) is 0.158. The Morgan fingerprint density at radius 2 is 1.37 bits per heavy atom. The first-order valence-corrected chi connectivity index (χ1v) is 15.0. The van der Waals surface area contributed by atoms with E-state index in [1.54, 1.807) is 37.4 Å². The molecule has 230 valence electrons. The number of para-hydroxylation sites is 1. The summed E-state index contributed by atoms with van der Waals surface area (Å²) in [5.41, 5.74) is 6.21. The third-order valence-corrected chi connectivity index (χ3v) is 8.39. The van der Waals surface area contributed by atoms with Crippen molar-refractivity contribution in [2.24, 2.45) is 0 Å². The second-order valence-electron chi connectivity index (χ2n) is 11.8. The molecule has 0 aliphatic heterocycles. The van der Waals surface area contributed by atoms with Crippen LogP contribution in [0.2, 0.25) is 0 Å². The first-order chi connectivity index (χ1) is 22.0. The Morgan fingerprint density at radius 1 is 0.652 bits per heavy atom. The lowest BCUT2D eigenvalue weighted by atomic mass is 9.92. The molecule has 0 amide bonds. The molecule has 0 aliphatic rings. The molecule has 46 heavy (non-hydrogen) atoms. The predicted molar refractivity (Wildman–Crippen MR) is 176 cm³/mol. The summed E-state index contributed by atoms with van der Waals surface area (Å²) in [6.45, 7) is 9.33. The zero-order chi connectivity index (χ0) is 32.3. The minimum atomic E-state index is -4.64. The highest BCUT2D eigenvalue weighted by atomic mass is 19.4. The Hall–Kier alpha value is -5.37. The SMILES string of the molecule is Cc1ccnc(-n2c3ccccc3c3ccc(Oc4cccc(-n5nc(C(F)(F)F)c(-c6c(C)cc(C)cc6C)c5C)c4)cc32)c1. The molecule has 0 saturated carbocycles. The average molecular weight is 617 g/mol. The topological polar surface area (TPSA) is 44.9 Å². The van der Waals surface area contributed by atoms with Crippen LogP contribution in [0.4, 0.5) is 13.2 Å². The van der Waals surface area contributed by atoms with Crippen molar-refractivity contribution >= 4 is 21.8 Å². The molecule has 0 spiro atoms. The number of halogens is 3. The molecule has 0 fully saturated rings.